The molecule has 4 rings (SSSR count). The number of carbonyl (C=O) groups is 1. The second-order valence-corrected chi connectivity index (χ2v) is 16.3. The second kappa shape index (κ2) is 11.2. The molecule has 0 aliphatic carbocycles. The molecule has 1 amide bonds. The summed E-state index contributed by atoms with van der Waals surface area (Å²) in [5.74, 6) is 0.334. The van der Waals surface area contributed by atoms with Gasteiger partial charge in [-0.15, -0.1) is 0 Å². The van der Waals surface area contributed by atoms with E-state index < -0.39 is 14.2 Å². The quantitative estimate of drug-likeness (QED) is 0.221. The first kappa shape index (κ1) is 27.7. The molecule has 1 unspecified atom stereocenters. The fourth-order valence-electron chi connectivity index (χ4n) is 4.36. The van der Waals surface area contributed by atoms with Gasteiger partial charge in [0, 0.05) is 30.3 Å². The molecule has 0 saturated heterocycles. The van der Waals surface area contributed by atoms with Crippen molar-refractivity contribution < 1.29 is 14.0 Å². The smallest absolute Gasteiger partial charge is 0.268 e. The van der Waals surface area contributed by atoms with Gasteiger partial charge in [-0.05, 0) is 66.7 Å². The number of hydrogen-bond donors (Lipinski definition) is 1. The van der Waals surface area contributed by atoms with Crippen molar-refractivity contribution in [2.24, 2.45) is 12.8 Å². The number of nitrogens with two attached hydrogens (primary N) is 1. The Morgan fingerprint density at radius 1 is 1.11 bits per heavy atom. The largest absolute Gasteiger partial charge is 0.489 e. The molecule has 38 heavy (non-hydrogen) atoms. The van der Waals surface area contributed by atoms with Gasteiger partial charge in [0.25, 0.3) is 5.91 Å². The van der Waals surface area contributed by atoms with Crippen LogP contribution in [0.2, 0.25) is 18.1 Å². The number of fused-ring (bicyclic) bond motifs is 1. The molecule has 4 aromatic rings. The van der Waals surface area contributed by atoms with Gasteiger partial charge in [-0.2, -0.15) is 0 Å². The number of imidazole rings is 1. The Kier molecular flexibility index (Phi) is 8.13. The van der Waals surface area contributed by atoms with E-state index in [1.54, 1.807) is 12.5 Å². The summed E-state index contributed by atoms with van der Waals surface area (Å²) in [6, 6.07) is 16.5. The van der Waals surface area contributed by atoms with Crippen LogP contribution in [-0.4, -0.2) is 28.3 Å². The average molecular weight is 533 g/mol. The summed E-state index contributed by atoms with van der Waals surface area (Å²) in [7, 11) is 0.0122. The van der Waals surface area contributed by atoms with Gasteiger partial charge in [-0.25, -0.2) is 4.98 Å². The highest BCUT2D eigenvalue weighted by atomic mass is 28.4. The topological polar surface area (TPSA) is 84.3 Å². The van der Waals surface area contributed by atoms with Crippen molar-refractivity contribution in [3.63, 3.8) is 0 Å². The van der Waals surface area contributed by atoms with Crippen molar-refractivity contribution in [3.05, 3.63) is 84.1 Å². The Morgan fingerprint density at radius 2 is 1.84 bits per heavy atom. The number of aromatic nitrogens is 3. The lowest BCUT2D eigenvalue weighted by Crippen LogP contribution is -2.42. The molecular weight excluding hydrogens is 492 g/mol. The standard InChI is InChI=1S/C30H40N4O3Si/c1-30(2,3)38(5,6)37-28(34-19-26(29(31)35)32-21-34)14-10-13-23-18-33(4)27-16-15-24(17-25(23)27)36-20-22-11-8-7-9-12-22/h7-9,11-12,15-19,21,28H,10,13-14,20H2,1-6H3,(H2,31,35). The van der Waals surface area contributed by atoms with E-state index in [0.717, 1.165) is 30.6 Å². The fourth-order valence-corrected chi connectivity index (χ4v) is 5.63. The molecule has 2 heterocycles. The molecule has 0 fully saturated rings. The average Bonchev–Trinajstić information content (AvgIpc) is 3.47. The first-order chi connectivity index (χ1) is 17.9. The van der Waals surface area contributed by atoms with Crippen LogP contribution in [0.3, 0.4) is 0 Å². The van der Waals surface area contributed by atoms with Crippen molar-refractivity contribution in [2.75, 3.05) is 0 Å². The minimum absolute atomic E-state index is 0.0597. The molecule has 2 aromatic heterocycles. The van der Waals surface area contributed by atoms with Crippen molar-refractivity contribution in [3.8, 4) is 5.75 Å². The van der Waals surface area contributed by atoms with Crippen LogP contribution in [0.1, 0.15) is 61.5 Å². The number of primary amides is 1. The Labute approximate surface area is 226 Å². The number of ether oxygens (including phenoxy) is 1. The van der Waals surface area contributed by atoms with E-state index >= 15 is 0 Å². The van der Waals surface area contributed by atoms with Crippen LogP contribution in [0, 0.1) is 0 Å². The van der Waals surface area contributed by atoms with Gasteiger partial charge in [0.15, 0.2) is 8.32 Å². The number of carbonyl (C=O) groups excluding carboxylic acids is 1. The van der Waals surface area contributed by atoms with Crippen LogP contribution in [0.25, 0.3) is 10.9 Å². The lowest BCUT2D eigenvalue weighted by molar-refractivity contribution is 0.0988. The van der Waals surface area contributed by atoms with Crippen LogP contribution >= 0.6 is 0 Å². The third-order valence-electron chi connectivity index (χ3n) is 7.61. The maximum absolute atomic E-state index is 11.7. The minimum Gasteiger partial charge on any atom is -0.489 e. The molecular formula is C30H40N4O3Si. The van der Waals surface area contributed by atoms with Crippen LogP contribution < -0.4 is 10.5 Å². The molecule has 0 aliphatic heterocycles. The van der Waals surface area contributed by atoms with Crippen molar-refractivity contribution in [1.29, 1.82) is 0 Å². The maximum atomic E-state index is 11.7. The normalized spacial score (nSPS) is 13.1. The van der Waals surface area contributed by atoms with E-state index in [1.807, 2.05) is 28.8 Å². The summed E-state index contributed by atoms with van der Waals surface area (Å²) in [5, 5.41) is 1.27. The zero-order chi connectivity index (χ0) is 27.5. The van der Waals surface area contributed by atoms with Gasteiger partial charge in [-0.1, -0.05) is 51.1 Å². The number of rotatable bonds is 11. The van der Waals surface area contributed by atoms with Crippen LogP contribution in [-0.2, 0) is 24.5 Å². The SMILES string of the molecule is Cn1cc(CCCC(O[Si](C)(C)C(C)(C)C)n2cnc(C(N)=O)c2)c2cc(OCc3ccccc3)ccc21. The van der Waals surface area contributed by atoms with Crippen LogP contribution in [0.4, 0.5) is 0 Å². The molecule has 2 N–H and O–H groups in total. The predicted octanol–water partition coefficient (Wildman–Crippen LogP) is 6.60. The molecule has 0 saturated carbocycles. The van der Waals surface area contributed by atoms with Crippen LogP contribution in [0.15, 0.2) is 67.3 Å². The van der Waals surface area contributed by atoms with Crippen LogP contribution in [0.5, 0.6) is 5.75 Å². The van der Waals surface area contributed by atoms with E-state index in [0.29, 0.717) is 6.61 Å². The zero-order valence-electron chi connectivity index (χ0n) is 23.4. The Bertz CT molecular complexity index is 1390. The Hall–Kier alpha value is -3.36. The van der Waals surface area contributed by atoms with Gasteiger partial charge < -0.3 is 24.0 Å². The summed E-state index contributed by atoms with van der Waals surface area (Å²) in [4.78, 5) is 15.9. The molecule has 8 heteroatoms. The van der Waals surface area contributed by atoms with E-state index in [1.165, 1.54) is 16.5 Å². The third-order valence-corrected chi connectivity index (χ3v) is 12.1. The molecule has 2 aromatic carbocycles. The highest BCUT2D eigenvalue weighted by Crippen LogP contribution is 2.40. The summed E-state index contributed by atoms with van der Waals surface area (Å²) in [6.07, 6.45) is 7.96. The highest BCUT2D eigenvalue weighted by Gasteiger charge is 2.39. The van der Waals surface area contributed by atoms with E-state index in [-0.39, 0.29) is 17.0 Å². The van der Waals surface area contributed by atoms with Gasteiger partial charge >= 0.3 is 0 Å². The Balaban J connectivity index is 1.50. The van der Waals surface area contributed by atoms with Crippen molar-refractivity contribution in [2.45, 2.75) is 71.0 Å². The first-order valence-electron chi connectivity index (χ1n) is 13.2. The molecule has 7 nitrogen and oxygen atoms in total. The molecule has 1 atom stereocenters. The molecule has 0 aliphatic rings. The number of hydrogen-bond acceptors (Lipinski definition) is 4. The summed E-state index contributed by atoms with van der Waals surface area (Å²) >= 11 is 0. The van der Waals surface area contributed by atoms with E-state index in [9.17, 15) is 4.79 Å². The lowest BCUT2D eigenvalue weighted by atomic mass is 10.1. The zero-order valence-corrected chi connectivity index (χ0v) is 24.4. The number of nitrogens with zero attached hydrogens (tertiary/aromatic N) is 3. The van der Waals surface area contributed by atoms with Gasteiger partial charge in [0.1, 0.15) is 24.3 Å². The number of aryl methyl sites for hydroxylation is 2. The first-order valence-corrected chi connectivity index (χ1v) is 16.1. The van der Waals surface area contributed by atoms with E-state index in [4.69, 9.17) is 14.9 Å². The van der Waals surface area contributed by atoms with Gasteiger partial charge in [0.05, 0.1) is 6.33 Å². The summed E-state index contributed by atoms with van der Waals surface area (Å²) in [6.45, 7) is 11.7. The fraction of sp³-hybridized carbons (Fsp3) is 0.400. The predicted molar refractivity (Wildman–Crippen MR) is 155 cm³/mol. The molecule has 202 valence electrons. The van der Waals surface area contributed by atoms with Gasteiger partial charge in [0.2, 0.25) is 0 Å². The molecule has 0 bridgehead atoms. The number of benzene rings is 2. The lowest BCUT2D eigenvalue weighted by Gasteiger charge is -2.39. The molecule has 0 spiro atoms. The maximum Gasteiger partial charge on any atom is 0.268 e. The Morgan fingerprint density at radius 3 is 2.50 bits per heavy atom. The van der Waals surface area contributed by atoms with E-state index in [2.05, 4.69) is 80.9 Å². The summed E-state index contributed by atoms with van der Waals surface area (Å²) in [5.41, 5.74) is 9.33. The summed E-state index contributed by atoms with van der Waals surface area (Å²) < 4.78 is 17.0. The van der Waals surface area contributed by atoms with Crippen molar-refractivity contribution in [1.82, 2.24) is 14.1 Å². The second-order valence-electron chi connectivity index (χ2n) is 11.5. The minimum atomic E-state index is -2.07. The highest BCUT2D eigenvalue weighted by molar-refractivity contribution is 6.74. The van der Waals surface area contributed by atoms with Gasteiger partial charge in [-0.3, -0.25) is 4.79 Å². The van der Waals surface area contributed by atoms with Crippen molar-refractivity contribution >= 4 is 25.1 Å². The number of amides is 1. The monoisotopic (exact) mass is 532 g/mol. The third kappa shape index (κ3) is 6.37. The molecule has 0 radical (unpaired) electrons.